The summed E-state index contributed by atoms with van der Waals surface area (Å²) in [5, 5.41) is 23.5. The fraction of sp³-hybridized carbons (Fsp3) is 0.200. The van der Waals surface area contributed by atoms with Crippen LogP contribution < -0.4 is 10.1 Å². The molecule has 19 heavy (non-hydrogen) atoms. The Morgan fingerprint density at radius 1 is 0.947 bits per heavy atom. The van der Waals surface area contributed by atoms with Gasteiger partial charge in [-0.1, -0.05) is 29.8 Å². The van der Waals surface area contributed by atoms with E-state index in [1.54, 1.807) is 12.1 Å². The predicted octanol–water partition coefficient (Wildman–Crippen LogP) is 0.853. The van der Waals surface area contributed by atoms with Gasteiger partial charge in [0.2, 0.25) is 0 Å². The molecule has 2 rings (SSSR count). The highest BCUT2D eigenvalue weighted by Gasteiger charge is 2.06. The van der Waals surface area contributed by atoms with Crippen LogP contribution in [0.4, 0.5) is 11.4 Å². The minimum atomic E-state index is 0.0182. The molecule has 0 aliphatic rings. The molecule has 0 aliphatic heterocycles. The standard InChI is InChI=1S/C15H18N2O2/c1-12-6-8-14(9-7-12)17(19)11-13-4-3-5-15(10-13)16(2)18/h3-10,16-17H,11H2,1-2H3. The molecule has 0 saturated heterocycles. The third-order valence-electron chi connectivity index (χ3n) is 3.07. The van der Waals surface area contributed by atoms with Gasteiger partial charge in [0.05, 0.1) is 7.05 Å². The van der Waals surface area contributed by atoms with Crippen molar-refractivity contribution >= 4 is 11.4 Å². The third-order valence-corrected chi connectivity index (χ3v) is 3.07. The van der Waals surface area contributed by atoms with Gasteiger partial charge in [0, 0.05) is 11.6 Å². The van der Waals surface area contributed by atoms with Gasteiger partial charge in [0.1, 0.15) is 17.9 Å². The largest absolute Gasteiger partial charge is 0.629 e. The van der Waals surface area contributed by atoms with E-state index >= 15 is 0 Å². The van der Waals surface area contributed by atoms with E-state index in [2.05, 4.69) is 0 Å². The van der Waals surface area contributed by atoms with Crippen LogP contribution in [-0.2, 0) is 6.54 Å². The van der Waals surface area contributed by atoms with Gasteiger partial charge in [0.25, 0.3) is 0 Å². The van der Waals surface area contributed by atoms with Crippen molar-refractivity contribution in [3.63, 3.8) is 0 Å². The number of hydrogen-bond acceptors (Lipinski definition) is 2. The summed E-state index contributed by atoms with van der Waals surface area (Å²) in [7, 11) is 1.53. The van der Waals surface area contributed by atoms with Gasteiger partial charge < -0.3 is 20.5 Å². The van der Waals surface area contributed by atoms with E-state index in [9.17, 15) is 10.4 Å². The van der Waals surface area contributed by atoms with Crippen molar-refractivity contribution in [3.8, 4) is 0 Å². The van der Waals surface area contributed by atoms with E-state index in [1.165, 1.54) is 7.05 Å². The highest BCUT2D eigenvalue weighted by Crippen LogP contribution is 2.07. The second kappa shape index (κ2) is 5.95. The van der Waals surface area contributed by atoms with Crippen molar-refractivity contribution in [3.05, 3.63) is 70.1 Å². The van der Waals surface area contributed by atoms with Crippen molar-refractivity contribution in [2.24, 2.45) is 0 Å². The molecule has 0 heterocycles. The average Bonchev–Trinajstić information content (AvgIpc) is 2.39. The molecule has 0 spiro atoms. The Hall–Kier alpha value is -1.72. The van der Waals surface area contributed by atoms with Gasteiger partial charge in [-0.05, 0) is 25.1 Å². The molecule has 0 amide bonds. The van der Waals surface area contributed by atoms with Crippen LogP contribution in [0, 0.1) is 17.3 Å². The highest BCUT2D eigenvalue weighted by atomic mass is 16.5. The average molecular weight is 258 g/mol. The minimum Gasteiger partial charge on any atom is -0.629 e. The number of hydrogen-bond donors (Lipinski definition) is 2. The van der Waals surface area contributed by atoms with Crippen molar-refractivity contribution in [2.45, 2.75) is 13.5 Å². The Kier molecular flexibility index (Phi) is 4.29. The SMILES string of the molecule is Cc1ccc([NH+]([O-])Cc2cccc([NH+](C)[O-])c2)cc1. The predicted molar refractivity (Wildman–Crippen MR) is 75.2 cm³/mol. The summed E-state index contributed by atoms with van der Waals surface area (Å²) in [5.41, 5.74) is 3.36. The maximum atomic E-state index is 12.1. The Balaban J connectivity index is 2.12. The van der Waals surface area contributed by atoms with Gasteiger partial charge in [0.15, 0.2) is 0 Å². The summed E-state index contributed by atoms with van der Waals surface area (Å²) < 4.78 is 0. The molecule has 100 valence electrons. The van der Waals surface area contributed by atoms with E-state index in [0.717, 1.165) is 11.1 Å². The van der Waals surface area contributed by atoms with Gasteiger partial charge in [-0.25, -0.2) is 0 Å². The summed E-state index contributed by atoms with van der Waals surface area (Å²) in [6, 6.07) is 14.8. The summed E-state index contributed by atoms with van der Waals surface area (Å²) in [6.07, 6.45) is 0. The van der Waals surface area contributed by atoms with Gasteiger partial charge >= 0.3 is 0 Å². The number of aryl methyl sites for hydroxylation is 1. The molecule has 4 heteroatoms. The number of quaternary nitrogens is 2. The first-order valence-corrected chi connectivity index (χ1v) is 6.26. The van der Waals surface area contributed by atoms with E-state index in [-0.39, 0.29) is 10.1 Å². The number of benzene rings is 2. The molecule has 2 aromatic carbocycles. The molecular formula is C15H18N2O2. The molecular weight excluding hydrogens is 240 g/mol. The van der Waals surface area contributed by atoms with Crippen LogP contribution in [0.2, 0.25) is 0 Å². The summed E-state index contributed by atoms with van der Waals surface area (Å²) in [5.74, 6) is 0. The highest BCUT2D eigenvalue weighted by molar-refractivity contribution is 5.35. The molecule has 2 aromatic rings. The van der Waals surface area contributed by atoms with Crippen molar-refractivity contribution in [1.82, 2.24) is 0 Å². The lowest BCUT2D eigenvalue weighted by molar-refractivity contribution is -0.792. The zero-order chi connectivity index (χ0) is 13.8. The monoisotopic (exact) mass is 258 g/mol. The fourth-order valence-corrected chi connectivity index (χ4v) is 1.93. The molecule has 4 nitrogen and oxygen atoms in total. The van der Waals surface area contributed by atoms with Crippen LogP contribution in [0.3, 0.4) is 0 Å². The maximum Gasteiger partial charge on any atom is 0.131 e. The minimum absolute atomic E-state index is 0.0182. The quantitative estimate of drug-likeness (QED) is 0.799. The molecule has 2 unspecified atom stereocenters. The lowest BCUT2D eigenvalue weighted by Gasteiger charge is -2.23. The molecule has 0 saturated carbocycles. The van der Waals surface area contributed by atoms with Crippen LogP contribution in [0.25, 0.3) is 0 Å². The summed E-state index contributed by atoms with van der Waals surface area (Å²) in [6.45, 7) is 2.31. The Morgan fingerprint density at radius 3 is 2.26 bits per heavy atom. The third kappa shape index (κ3) is 3.62. The maximum absolute atomic E-state index is 12.1. The molecule has 0 bridgehead atoms. The zero-order valence-electron chi connectivity index (χ0n) is 11.1. The smallest absolute Gasteiger partial charge is 0.131 e. The second-order valence-electron chi connectivity index (χ2n) is 4.72. The summed E-state index contributed by atoms with van der Waals surface area (Å²) >= 11 is 0. The van der Waals surface area contributed by atoms with Crippen LogP contribution in [0.15, 0.2) is 48.5 Å². The van der Waals surface area contributed by atoms with Gasteiger partial charge in [-0.3, -0.25) is 0 Å². The normalized spacial score (nSPS) is 14.1. The number of rotatable bonds is 4. The lowest BCUT2D eigenvalue weighted by atomic mass is 10.2. The van der Waals surface area contributed by atoms with E-state index in [4.69, 9.17) is 0 Å². The first-order chi connectivity index (χ1) is 9.06. The topological polar surface area (TPSA) is 55.0 Å². The Morgan fingerprint density at radius 2 is 1.63 bits per heavy atom. The molecule has 2 N–H and O–H groups in total. The first-order valence-electron chi connectivity index (χ1n) is 6.26. The van der Waals surface area contributed by atoms with E-state index in [1.807, 2.05) is 43.3 Å². The Labute approximate surface area is 113 Å². The van der Waals surface area contributed by atoms with Crippen LogP contribution in [0.5, 0.6) is 0 Å². The van der Waals surface area contributed by atoms with Crippen LogP contribution in [-0.4, -0.2) is 7.05 Å². The van der Waals surface area contributed by atoms with Gasteiger partial charge in [-0.2, -0.15) is 0 Å². The van der Waals surface area contributed by atoms with Crippen molar-refractivity contribution < 1.29 is 10.1 Å². The number of hydroxylamine groups is 2. The van der Waals surface area contributed by atoms with E-state index < -0.39 is 0 Å². The molecule has 2 atom stereocenters. The molecule has 0 fully saturated rings. The van der Waals surface area contributed by atoms with Crippen LogP contribution >= 0.6 is 0 Å². The second-order valence-corrected chi connectivity index (χ2v) is 4.72. The Bertz CT molecular complexity index is 538. The fourth-order valence-electron chi connectivity index (χ4n) is 1.93. The molecule has 0 radical (unpaired) electrons. The first kappa shape index (κ1) is 13.7. The molecule has 0 aliphatic carbocycles. The zero-order valence-corrected chi connectivity index (χ0v) is 11.1. The van der Waals surface area contributed by atoms with Gasteiger partial charge in [-0.15, -0.1) is 0 Å². The summed E-state index contributed by atoms with van der Waals surface area (Å²) in [4.78, 5) is 0. The van der Waals surface area contributed by atoms with E-state index in [0.29, 0.717) is 17.9 Å². The van der Waals surface area contributed by atoms with Crippen molar-refractivity contribution in [2.75, 3.05) is 7.05 Å². The molecule has 0 aromatic heterocycles. The lowest BCUT2D eigenvalue weighted by Crippen LogP contribution is -3.00. The number of nitrogens with one attached hydrogen (secondary N) is 2. The van der Waals surface area contributed by atoms with Crippen LogP contribution in [0.1, 0.15) is 11.1 Å². The van der Waals surface area contributed by atoms with Crippen molar-refractivity contribution in [1.29, 1.82) is 0 Å².